The molecule has 0 bridgehead atoms. The molecule has 0 fully saturated rings. The molecule has 0 aliphatic carbocycles. The highest BCUT2D eigenvalue weighted by Gasteiger charge is 2.40. The number of rotatable bonds is 6. The van der Waals surface area contributed by atoms with Crippen LogP contribution in [0.1, 0.15) is 19.4 Å². The molecule has 3 aromatic rings. The molecule has 4 rings (SSSR count). The smallest absolute Gasteiger partial charge is 0.270 e. The van der Waals surface area contributed by atoms with Gasteiger partial charge in [0.05, 0.1) is 18.5 Å². The van der Waals surface area contributed by atoms with Crippen molar-refractivity contribution in [2.45, 2.75) is 19.8 Å². The van der Waals surface area contributed by atoms with Crippen molar-refractivity contribution in [3.63, 3.8) is 0 Å². The molecule has 0 saturated carbocycles. The van der Waals surface area contributed by atoms with Gasteiger partial charge < -0.3 is 15.3 Å². The van der Waals surface area contributed by atoms with Crippen molar-refractivity contribution in [2.75, 3.05) is 17.4 Å². The zero-order valence-corrected chi connectivity index (χ0v) is 19.2. The fourth-order valence-corrected chi connectivity index (χ4v) is 3.78. The maximum absolute atomic E-state index is 13.6. The summed E-state index contributed by atoms with van der Waals surface area (Å²) >= 11 is 0. The number of carbonyl (C=O) groups is 2. The van der Waals surface area contributed by atoms with Gasteiger partial charge in [0.2, 0.25) is 5.91 Å². The lowest BCUT2D eigenvalue weighted by Gasteiger charge is -2.17. The van der Waals surface area contributed by atoms with Crippen LogP contribution in [0.15, 0.2) is 72.1 Å². The number of hydrogen-bond acceptors (Lipinski definition) is 5. The van der Waals surface area contributed by atoms with E-state index in [9.17, 15) is 23.6 Å². The molecule has 1 aliphatic heterocycles. The van der Waals surface area contributed by atoms with Crippen molar-refractivity contribution in [1.82, 2.24) is 0 Å². The average molecular weight is 480 g/mol. The van der Waals surface area contributed by atoms with Crippen LogP contribution in [-0.4, -0.2) is 24.6 Å². The molecule has 0 radical (unpaired) electrons. The number of ether oxygens (including phenoxy) is 1. The summed E-state index contributed by atoms with van der Waals surface area (Å²) in [5.41, 5.74) is 1.86. The van der Waals surface area contributed by atoms with Gasteiger partial charge in [0, 0.05) is 35.9 Å². The molecule has 0 spiro atoms. The SMILES string of the molecule is COc1ccc(N2N=C(C)C(C(=O)Nc3cccc(C(C)(F)F)c3)C2=O)cc1-c1cc[n+]([O-])cc1. The number of anilines is 2. The number of alkyl halides is 2. The highest BCUT2D eigenvalue weighted by Crippen LogP contribution is 2.35. The lowest BCUT2D eigenvalue weighted by molar-refractivity contribution is -0.605. The summed E-state index contributed by atoms with van der Waals surface area (Å²) in [5, 5.41) is 19.3. The molecule has 1 N–H and O–H groups in total. The molecular formula is C25H22F2N4O4. The van der Waals surface area contributed by atoms with Crippen LogP contribution in [0.2, 0.25) is 0 Å². The zero-order valence-electron chi connectivity index (χ0n) is 19.2. The first kappa shape index (κ1) is 23.8. The highest BCUT2D eigenvalue weighted by molar-refractivity contribution is 6.28. The molecule has 8 nitrogen and oxygen atoms in total. The van der Waals surface area contributed by atoms with Crippen molar-refractivity contribution >= 4 is 28.9 Å². The van der Waals surface area contributed by atoms with Gasteiger partial charge in [0.15, 0.2) is 18.3 Å². The maximum Gasteiger partial charge on any atom is 0.270 e. The Balaban J connectivity index is 1.59. The Labute approximate surface area is 200 Å². The summed E-state index contributed by atoms with van der Waals surface area (Å²) < 4.78 is 33.4. The number of hydrazone groups is 1. The van der Waals surface area contributed by atoms with Gasteiger partial charge in [-0.05, 0) is 42.8 Å². The summed E-state index contributed by atoms with van der Waals surface area (Å²) in [5.74, 6) is -5.03. The van der Waals surface area contributed by atoms with E-state index in [2.05, 4.69) is 10.4 Å². The van der Waals surface area contributed by atoms with E-state index in [1.54, 1.807) is 37.3 Å². The third-order valence-electron chi connectivity index (χ3n) is 5.57. The van der Waals surface area contributed by atoms with Crippen molar-refractivity contribution in [3.8, 4) is 16.9 Å². The van der Waals surface area contributed by atoms with E-state index in [1.807, 2.05) is 0 Å². The number of benzene rings is 2. The van der Waals surface area contributed by atoms with Crippen molar-refractivity contribution in [2.24, 2.45) is 11.0 Å². The Kier molecular flexibility index (Phi) is 6.21. The van der Waals surface area contributed by atoms with Gasteiger partial charge in [-0.25, -0.2) is 8.78 Å². The van der Waals surface area contributed by atoms with E-state index in [0.717, 1.165) is 11.9 Å². The van der Waals surface area contributed by atoms with Crippen LogP contribution in [0, 0.1) is 11.1 Å². The molecule has 1 aromatic heterocycles. The fraction of sp³-hybridized carbons (Fsp3) is 0.200. The summed E-state index contributed by atoms with van der Waals surface area (Å²) in [6.45, 7) is 2.31. The number of hydrogen-bond donors (Lipinski definition) is 1. The molecule has 1 aliphatic rings. The van der Waals surface area contributed by atoms with Crippen LogP contribution < -0.4 is 19.8 Å². The normalized spacial score (nSPS) is 15.7. The van der Waals surface area contributed by atoms with Gasteiger partial charge in [0.25, 0.3) is 11.8 Å². The second-order valence-corrected chi connectivity index (χ2v) is 8.11. The lowest BCUT2D eigenvalue weighted by Crippen LogP contribution is -2.36. The molecule has 0 saturated heterocycles. The molecule has 2 amide bonds. The Bertz CT molecular complexity index is 1320. The van der Waals surface area contributed by atoms with Gasteiger partial charge in [-0.15, -0.1) is 0 Å². The zero-order chi connectivity index (χ0) is 25.3. The Hall–Kier alpha value is -4.34. The molecule has 1 atom stereocenters. The number of methoxy groups -OCH3 is 1. The minimum Gasteiger partial charge on any atom is -0.619 e. The Morgan fingerprint density at radius 2 is 1.89 bits per heavy atom. The van der Waals surface area contributed by atoms with Crippen LogP contribution >= 0.6 is 0 Å². The number of nitrogens with zero attached hydrogens (tertiary/aromatic N) is 3. The number of aromatic nitrogens is 1. The van der Waals surface area contributed by atoms with Crippen LogP contribution in [0.25, 0.3) is 11.1 Å². The summed E-state index contributed by atoms with van der Waals surface area (Å²) in [7, 11) is 1.50. The van der Waals surface area contributed by atoms with Crippen LogP contribution in [0.5, 0.6) is 5.75 Å². The Morgan fingerprint density at radius 3 is 2.54 bits per heavy atom. The predicted octanol–water partition coefficient (Wildman–Crippen LogP) is 4.08. The van der Waals surface area contributed by atoms with Crippen molar-refractivity contribution in [3.05, 3.63) is 77.8 Å². The van der Waals surface area contributed by atoms with Gasteiger partial charge in [0.1, 0.15) is 5.75 Å². The van der Waals surface area contributed by atoms with E-state index < -0.39 is 23.7 Å². The Morgan fingerprint density at radius 1 is 1.17 bits per heavy atom. The van der Waals surface area contributed by atoms with E-state index in [0.29, 0.717) is 27.3 Å². The van der Waals surface area contributed by atoms with Gasteiger partial charge in [-0.1, -0.05) is 12.1 Å². The number of nitrogens with one attached hydrogen (secondary N) is 1. The van der Waals surface area contributed by atoms with Crippen molar-refractivity contribution < 1.29 is 27.8 Å². The standard InChI is InChI=1S/C25H22F2N4O4/c1-15-22(23(32)28-18-6-4-5-17(13-18)25(2,26)27)24(33)31(29-15)19-7-8-21(35-3)20(14-19)16-9-11-30(34)12-10-16/h4-14,22H,1-3H3,(H,28,32). The topological polar surface area (TPSA) is 97.9 Å². The number of carbonyl (C=O) groups excluding carboxylic acids is 2. The minimum atomic E-state index is -3.07. The molecule has 2 heterocycles. The third kappa shape index (κ3) is 4.81. The minimum absolute atomic E-state index is 0.152. The van der Waals surface area contributed by atoms with Gasteiger partial charge in [-0.3, -0.25) is 9.59 Å². The van der Waals surface area contributed by atoms with E-state index in [1.165, 1.54) is 43.8 Å². The maximum atomic E-state index is 13.6. The predicted molar refractivity (Wildman–Crippen MR) is 126 cm³/mol. The molecule has 180 valence electrons. The summed E-state index contributed by atoms with van der Waals surface area (Å²) in [6, 6.07) is 13.5. The molecule has 10 heteroatoms. The monoisotopic (exact) mass is 480 g/mol. The molecule has 35 heavy (non-hydrogen) atoms. The van der Waals surface area contributed by atoms with E-state index in [-0.39, 0.29) is 17.0 Å². The fourth-order valence-electron chi connectivity index (χ4n) is 3.78. The number of amides is 2. The van der Waals surface area contributed by atoms with Crippen LogP contribution in [0.3, 0.4) is 0 Å². The molecule has 1 unspecified atom stereocenters. The second kappa shape index (κ2) is 9.13. The number of pyridine rings is 1. The van der Waals surface area contributed by atoms with Gasteiger partial charge in [-0.2, -0.15) is 14.8 Å². The first-order valence-corrected chi connectivity index (χ1v) is 10.6. The lowest BCUT2D eigenvalue weighted by atomic mass is 10.0. The quantitative estimate of drug-likeness (QED) is 0.327. The van der Waals surface area contributed by atoms with E-state index in [4.69, 9.17) is 4.74 Å². The first-order valence-electron chi connectivity index (χ1n) is 10.6. The average Bonchev–Trinajstić information content (AvgIpc) is 3.12. The van der Waals surface area contributed by atoms with Crippen molar-refractivity contribution in [1.29, 1.82) is 0 Å². The van der Waals surface area contributed by atoms with Crippen LogP contribution in [0.4, 0.5) is 20.2 Å². The number of halogens is 2. The third-order valence-corrected chi connectivity index (χ3v) is 5.57. The first-order chi connectivity index (χ1) is 16.6. The largest absolute Gasteiger partial charge is 0.619 e. The van der Waals surface area contributed by atoms with Gasteiger partial charge >= 0.3 is 0 Å². The highest BCUT2D eigenvalue weighted by atomic mass is 19.3. The molecular weight excluding hydrogens is 458 g/mol. The summed E-state index contributed by atoms with van der Waals surface area (Å²) in [6.07, 6.45) is 2.68. The molecule has 2 aromatic carbocycles. The van der Waals surface area contributed by atoms with Crippen LogP contribution in [-0.2, 0) is 15.5 Å². The summed E-state index contributed by atoms with van der Waals surface area (Å²) in [4.78, 5) is 26.1. The second-order valence-electron chi connectivity index (χ2n) is 8.11. The van der Waals surface area contributed by atoms with E-state index >= 15 is 0 Å².